The number of amides is 1. The molecular weight excluding hydrogens is 458 g/mol. The third-order valence-corrected chi connectivity index (χ3v) is 6.88. The minimum atomic E-state index is -1.82. The van der Waals surface area contributed by atoms with E-state index < -0.39 is 23.3 Å². The van der Waals surface area contributed by atoms with Gasteiger partial charge in [0.2, 0.25) is 6.79 Å². The van der Waals surface area contributed by atoms with Crippen LogP contribution in [0.4, 0.5) is 4.79 Å². The smallest absolute Gasteiger partial charge is 0.410 e. The molecule has 0 unspecified atom stereocenters. The Hall–Kier alpha value is -4.94. The van der Waals surface area contributed by atoms with Crippen molar-refractivity contribution in [2.75, 3.05) is 19.9 Å². The summed E-state index contributed by atoms with van der Waals surface area (Å²) in [6, 6.07) is 20.8. The van der Waals surface area contributed by atoms with Gasteiger partial charge in [0.05, 0.1) is 23.4 Å². The lowest BCUT2D eigenvalue weighted by Crippen LogP contribution is -2.49. The summed E-state index contributed by atoms with van der Waals surface area (Å²) in [5.74, 6) is -0.271. The monoisotopic (exact) mass is 479 g/mol. The number of ether oxygens (including phenoxy) is 3. The van der Waals surface area contributed by atoms with Gasteiger partial charge in [-0.1, -0.05) is 42.5 Å². The molecule has 0 saturated carbocycles. The van der Waals surface area contributed by atoms with E-state index in [4.69, 9.17) is 19.9 Å². The van der Waals surface area contributed by atoms with Crippen molar-refractivity contribution < 1.29 is 19.0 Å². The first-order valence-corrected chi connectivity index (χ1v) is 11.3. The quantitative estimate of drug-likeness (QED) is 0.704. The van der Waals surface area contributed by atoms with Gasteiger partial charge in [-0.25, -0.2) is 4.79 Å². The lowest BCUT2D eigenvalue weighted by molar-refractivity contribution is 0.0898. The van der Waals surface area contributed by atoms with Crippen molar-refractivity contribution in [2.24, 2.45) is 17.1 Å². The van der Waals surface area contributed by atoms with Crippen molar-refractivity contribution in [1.29, 1.82) is 15.8 Å². The van der Waals surface area contributed by atoms with E-state index in [1.807, 2.05) is 30.3 Å². The number of fused-ring (bicyclic) bond motifs is 2. The molecule has 5 rings (SSSR count). The minimum absolute atomic E-state index is 0.0708. The molecular formula is C27H21N5O4. The van der Waals surface area contributed by atoms with Gasteiger partial charge in [-0.05, 0) is 28.8 Å². The van der Waals surface area contributed by atoms with Gasteiger partial charge in [-0.2, -0.15) is 15.8 Å². The topological polar surface area (TPSA) is 145 Å². The summed E-state index contributed by atoms with van der Waals surface area (Å²) in [4.78, 5) is 14.5. The number of nitrogens with two attached hydrogens (primary N) is 1. The lowest BCUT2D eigenvalue weighted by Gasteiger charge is -2.45. The number of allylic oxidation sites excluding steroid dienone is 2. The second kappa shape index (κ2) is 9.02. The van der Waals surface area contributed by atoms with E-state index in [0.29, 0.717) is 22.6 Å². The van der Waals surface area contributed by atoms with Crippen LogP contribution in [0, 0.1) is 45.3 Å². The maximum Gasteiger partial charge on any atom is 0.410 e. The zero-order chi connectivity index (χ0) is 25.3. The largest absolute Gasteiger partial charge is 0.454 e. The van der Waals surface area contributed by atoms with Crippen molar-refractivity contribution >= 4 is 6.09 Å². The van der Waals surface area contributed by atoms with Gasteiger partial charge < -0.3 is 24.8 Å². The summed E-state index contributed by atoms with van der Waals surface area (Å²) in [5, 5.41) is 30.4. The number of benzene rings is 2. The second-order valence-electron chi connectivity index (χ2n) is 8.73. The van der Waals surface area contributed by atoms with Gasteiger partial charge in [-0.15, -0.1) is 0 Å². The SMILES string of the molecule is N#CC1=C(N)C(C#N)(C#N)[C@@H](c2ccc3c(c2)OCO3)[C@H]2CN(C(=O)OCc3ccccc3)CC=C12. The van der Waals surface area contributed by atoms with Crippen molar-refractivity contribution in [3.05, 3.63) is 82.6 Å². The highest BCUT2D eigenvalue weighted by atomic mass is 16.7. The average molecular weight is 479 g/mol. The molecule has 178 valence electrons. The van der Waals surface area contributed by atoms with Crippen molar-refractivity contribution in [2.45, 2.75) is 12.5 Å². The Bertz CT molecular complexity index is 1400. The summed E-state index contributed by atoms with van der Waals surface area (Å²) in [6.45, 7) is 0.529. The highest BCUT2D eigenvalue weighted by Crippen LogP contribution is 2.55. The van der Waals surface area contributed by atoms with Crippen LogP contribution in [0.1, 0.15) is 17.0 Å². The van der Waals surface area contributed by atoms with Gasteiger partial charge in [0.1, 0.15) is 12.7 Å². The molecule has 9 heteroatoms. The highest BCUT2D eigenvalue weighted by Gasteiger charge is 2.55. The van der Waals surface area contributed by atoms with E-state index in [9.17, 15) is 20.6 Å². The Morgan fingerprint density at radius 3 is 2.58 bits per heavy atom. The first-order valence-electron chi connectivity index (χ1n) is 11.3. The molecule has 1 aliphatic carbocycles. The number of hydrogen-bond acceptors (Lipinski definition) is 8. The normalized spacial score (nSPS) is 21.4. The van der Waals surface area contributed by atoms with E-state index in [2.05, 4.69) is 18.2 Å². The molecule has 0 aromatic heterocycles. The van der Waals surface area contributed by atoms with Crippen LogP contribution in [0.2, 0.25) is 0 Å². The van der Waals surface area contributed by atoms with Crippen LogP contribution in [0.3, 0.4) is 0 Å². The molecule has 0 spiro atoms. The molecule has 2 N–H and O–H groups in total. The van der Waals surface area contributed by atoms with Crippen molar-refractivity contribution in [3.63, 3.8) is 0 Å². The van der Waals surface area contributed by atoms with Crippen LogP contribution in [-0.2, 0) is 11.3 Å². The van der Waals surface area contributed by atoms with Gasteiger partial charge in [0, 0.05) is 24.9 Å². The number of hydrogen-bond donors (Lipinski definition) is 1. The second-order valence-corrected chi connectivity index (χ2v) is 8.73. The first kappa shape index (κ1) is 22.8. The van der Waals surface area contributed by atoms with Crippen molar-refractivity contribution in [3.8, 4) is 29.7 Å². The zero-order valence-corrected chi connectivity index (χ0v) is 19.2. The first-order chi connectivity index (χ1) is 17.5. The molecule has 2 aromatic carbocycles. The fourth-order valence-corrected chi connectivity index (χ4v) is 5.12. The molecule has 0 radical (unpaired) electrons. The summed E-state index contributed by atoms with van der Waals surface area (Å²) < 4.78 is 16.4. The third kappa shape index (κ3) is 3.57. The molecule has 0 saturated heterocycles. The Balaban J connectivity index is 1.54. The molecule has 36 heavy (non-hydrogen) atoms. The predicted octanol–water partition coefficient (Wildman–Crippen LogP) is 3.48. The third-order valence-electron chi connectivity index (χ3n) is 6.88. The van der Waals surface area contributed by atoms with E-state index in [1.165, 1.54) is 4.90 Å². The van der Waals surface area contributed by atoms with Crippen LogP contribution in [-0.4, -0.2) is 30.9 Å². The summed E-state index contributed by atoms with van der Waals surface area (Å²) in [6.07, 6.45) is 1.22. The fourth-order valence-electron chi connectivity index (χ4n) is 5.12. The predicted molar refractivity (Wildman–Crippen MR) is 126 cm³/mol. The molecule has 3 aliphatic rings. The van der Waals surface area contributed by atoms with E-state index in [-0.39, 0.29) is 37.8 Å². The minimum Gasteiger partial charge on any atom is -0.454 e. The summed E-state index contributed by atoms with van der Waals surface area (Å²) in [7, 11) is 0. The number of nitrogens with zero attached hydrogens (tertiary/aromatic N) is 4. The number of nitriles is 3. The summed E-state index contributed by atoms with van der Waals surface area (Å²) in [5.41, 5.74) is 6.65. The number of rotatable bonds is 3. The van der Waals surface area contributed by atoms with E-state index in [0.717, 1.165) is 5.56 Å². The van der Waals surface area contributed by atoms with E-state index >= 15 is 0 Å². The zero-order valence-electron chi connectivity index (χ0n) is 19.2. The maximum absolute atomic E-state index is 13.0. The number of carbonyl (C=O) groups excluding carboxylic acids is 1. The van der Waals surface area contributed by atoms with Crippen LogP contribution >= 0.6 is 0 Å². The molecule has 0 fully saturated rings. The average Bonchev–Trinajstić information content (AvgIpc) is 3.39. The van der Waals surface area contributed by atoms with Crippen LogP contribution in [0.15, 0.2) is 71.5 Å². The molecule has 2 aromatic rings. The van der Waals surface area contributed by atoms with Gasteiger partial charge in [-0.3, -0.25) is 0 Å². The lowest BCUT2D eigenvalue weighted by atomic mass is 9.58. The standard InChI is InChI=1S/C27H21N5O4/c28-11-20-19-8-9-32(26(33)34-13-17-4-2-1-3-5-17)12-21(19)24(27(14-29,15-30)25(20)31)18-6-7-22-23(10-18)36-16-35-22/h1-8,10,21,24H,9,12-13,16,31H2/t21-,24-/m0/s1. The maximum atomic E-state index is 13.0. The number of carbonyl (C=O) groups is 1. The Labute approximate surface area is 207 Å². The molecule has 2 aliphatic heterocycles. The molecule has 2 heterocycles. The fraction of sp³-hybridized carbons (Fsp3) is 0.259. The van der Waals surface area contributed by atoms with E-state index in [1.54, 1.807) is 24.3 Å². The molecule has 0 bridgehead atoms. The molecule has 9 nitrogen and oxygen atoms in total. The molecule has 2 atom stereocenters. The Kier molecular flexibility index (Phi) is 5.72. The van der Waals surface area contributed by atoms with Crippen LogP contribution in [0.5, 0.6) is 11.5 Å². The summed E-state index contributed by atoms with van der Waals surface area (Å²) >= 11 is 0. The van der Waals surface area contributed by atoms with Gasteiger partial charge in [0.15, 0.2) is 16.9 Å². The van der Waals surface area contributed by atoms with Gasteiger partial charge in [0.25, 0.3) is 0 Å². The van der Waals surface area contributed by atoms with Crippen LogP contribution < -0.4 is 15.2 Å². The molecule has 1 amide bonds. The van der Waals surface area contributed by atoms with Crippen molar-refractivity contribution in [1.82, 2.24) is 4.90 Å². The Morgan fingerprint density at radius 2 is 1.86 bits per heavy atom. The van der Waals surface area contributed by atoms with Gasteiger partial charge >= 0.3 is 6.09 Å². The highest BCUT2D eigenvalue weighted by molar-refractivity contribution is 5.69. The Morgan fingerprint density at radius 1 is 1.11 bits per heavy atom. The van der Waals surface area contributed by atoms with Crippen LogP contribution in [0.25, 0.3) is 0 Å².